The fourth-order valence-electron chi connectivity index (χ4n) is 3.04. The van der Waals surface area contributed by atoms with E-state index in [9.17, 15) is 9.59 Å². The summed E-state index contributed by atoms with van der Waals surface area (Å²) >= 11 is 1.62. The highest BCUT2D eigenvalue weighted by molar-refractivity contribution is 7.99. The van der Waals surface area contributed by atoms with E-state index >= 15 is 0 Å². The van der Waals surface area contributed by atoms with Crippen LogP contribution in [-0.4, -0.2) is 66.0 Å². The van der Waals surface area contributed by atoms with E-state index in [4.69, 9.17) is 5.26 Å². The molecule has 8 heteroatoms. The van der Waals surface area contributed by atoms with Crippen LogP contribution in [0.4, 0.5) is 0 Å². The number of rotatable bonds is 4. The van der Waals surface area contributed by atoms with Gasteiger partial charge in [0, 0.05) is 31.8 Å². The summed E-state index contributed by atoms with van der Waals surface area (Å²) < 4.78 is 0. The van der Waals surface area contributed by atoms with Gasteiger partial charge in [-0.1, -0.05) is 0 Å². The Balaban J connectivity index is 0.00000264. The first-order valence-corrected chi connectivity index (χ1v) is 8.89. The topological polar surface area (TPSA) is 76.4 Å². The maximum Gasteiger partial charge on any atom is 0.238 e. The summed E-state index contributed by atoms with van der Waals surface area (Å²) in [7, 11) is 3.59. The van der Waals surface area contributed by atoms with Gasteiger partial charge in [-0.05, 0) is 25.7 Å². The van der Waals surface area contributed by atoms with Crippen LogP contribution in [0.15, 0.2) is 0 Å². The zero-order valence-corrected chi connectivity index (χ0v) is 15.3. The third-order valence-corrected chi connectivity index (χ3v) is 5.42. The predicted octanol–water partition coefficient (Wildman–Crippen LogP) is 1.07. The van der Waals surface area contributed by atoms with Crippen LogP contribution in [0.5, 0.6) is 0 Å². The van der Waals surface area contributed by atoms with Gasteiger partial charge in [-0.25, -0.2) is 0 Å². The third-order valence-electron chi connectivity index (χ3n) is 4.41. The minimum Gasteiger partial charge on any atom is -0.349 e. The van der Waals surface area contributed by atoms with Gasteiger partial charge in [0.15, 0.2) is 0 Å². The van der Waals surface area contributed by atoms with Crippen molar-refractivity contribution >= 4 is 36.0 Å². The molecule has 130 valence electrons. The van der Waals surface area contributed by atoms with Crippen molar-refractivity contribution in [2.75, 3.05) is 32.3 Å². The lowest BCUT2D eigenvalue weighted by atomic mass is 9.85. The largest absolute Gasteiger partial charge is 0.349 e. The average molecular weight is 361 g/mol. The second-order valence-corrected chi connectivity index (χ2v) is 7.17. The molecule has 0 bridgehead atoms. The van der Waals surface area contributed by atoms with Crippen LogP contribution in [-0.2, 0) is 9.59 Å². The van der Waals surface area contributed by atoms with Crippen LogP contribution >= 0.6 is 24.2 Å². The van der Waals surface area contributed by atoms with E-state index in [0.29, 0.717) is 17.7 Å². The second kappa shape index (κ2) is 9.36. The molecule has 1 saturated carbocycles. The van der Waals surface area contributed by atoms with E-state index in [1.165, 1.54) is 0 Å². The highest BCUT2D eigenvalue weighted by atomic mass is 35.5. The van der Waals surface area contributed by atoms with Crippen molar-refractivity contribution in [1.29, 1.82) is 5.26 Å². The number of hydrogen-bond acceptors (Lipinski definition) is 5. The number of nitriles is 1. The summed E-state index contributed by atoms with van der Waals surface area (Å²) in [6, 6.07) is 2.19. The lowest BCUT2D eigenvalue weighted by Gasteiger charge is -2.30. The van der Waals surface area contributed by atoms with E-state index < -0.39 is 0 Å². The molecule has 0 radical (unpaired) electrons. The van der Waals surface area contributed by atoms with Gasteiger partial charge >= 0.3 is 0 Å². The van der Waals surface area contributed by atoms with Gasteiger partial charge < -0.3 is 15.1 Å². The van der Waals surface area contributed by atoms with Gasteiger partial charge in [-0.15, -0.1) is 24.2 Å². The van der Waals surface area contributed by atoms with Crippen LogP contribution in [0.2, 0.25) is 0 Å². The van der Waals surface area contributed by atoms with E-state index in [-0.39, 0.29) is 42.7 Å². The number of carbonyl (C=O) groups excluding carboxylic acids is 2. The Kier molecular flexibility index (Phi) is 8.17. The Morgan fingerprint density at radius 2 is 1.96 bits per heavy atom. The molecule has 0 unspecified atom stereocenters. The first-order chi connectivity index (χ1) is 10.5. The molecule has 1 heterocycles. The van der Waals surface area contributed by atoms with Gasteiger partial charge in [0.05, 0.1) is 18.5 Å². The molecule has 1 aliphatic carbocycles. The third kappa shape index (κ3) is 5.27. The van der Waals surface area contributed by atoms with Crippen LogP contribution in [0.25, 0.3) is 0 Å². The molecule has 2 fully saturated rings. The summed E-state index contributed by atoms with van der Waals surface area (Å²) in [4.78, 5) is 27.4. The zero-order valence-electron chi connectivity index (χ0n) is 13.7. The van der Waals surface area contributed by atoms with Crippen LogP contribution in [0, 0.1) is 17.2 Å². The Hall–Kier alpha value is -0.970. The van der Waals surface area contributed by atoms with Crippen LogP contribution in [0.1, 0.15) is 25.7 Å². The second-order valence-electron chi connectivity index (χ2n) is 6.17. The molecule has 2 amide bonds. The Bertz CT molecular complexity index is 461. The normalized spacial score (nSPS) is 27.0. The predicted molar refractivity (Wildman–Crippen MR) is 93.3 cm³/mol. The van der Waals surface area contributed by atoms with Crippen molar-refractivity contribution in [1.82, 2.24) is 15.1 Å². The van der Waals surface area contributed by atoms with Gasteiger partial charge in [0.1, 0.15) is 6.04 Å². The van der Waals surface area contributed by atoms with E-state index in [0.717, 1.165) is 25.7 Å². The lowest BCUT2D eigenvalue weighted by molar-refractivity contribution is -0.134. The fourth-order valence-corrected chi connectivity index (χ4v) is 4.14. The zero-order chi connectivity index (χ0) is 16.1. The average Bonchev–Trinajstić information content (AvgIpc) is 3.01. The van der Waals surface area contributed by atoms with Crippen molar-refractivity contribution in [3.05, 3.63) is 0 Å². The standard InChI is InChI=1S/C15H24N4O2S.ClH/c1-18(2)15(21)11-3-5-12(6-4-11)17-8-14(20)19-10-22-9-13(19)7-16;/h11-13,17H,3-6,8-10H2,1-2H3;1H/t11-,12-,13-;/m1./s1. The van der Waals surface area contributed by atoms with Crippen molar-refractivity contribution in [3.8, 4) is 6.07 Å². The van der Waals surface area contributed by atoms with E-state index in [1.807, 2.05) is 0 Å². The Morgan fingerprint density at radius 3 is 2.52 bits per heavy atom. The molecule has 1 aliphatic heterocycles. The van der Waals surface area contributed by atoms with E-state index in [1.54, 1.807) is 35.7 Å². The number of nitrogens with one attached hydrogen (secondary N) is 1. The van der Waals surface area contributed by atoms with Gasteiger partial charge in [0.2, 0.25) is 11.8 Å². The molecule has 0 spiro atoms. The maximum absolute atomic E-state index is 12.2. The van der Waals surface area contributed by atoms with E-state index in [2.05, 4.69) is 11.4 Å². The quantitative estimate of drug-likeness (QED) is 0.811. The smallest absolute Gasteiger partial charge is 0.238 e. The molecule has 23 heavy (non-hydrogen) atoms. The molecule has 2 aliphatic rings. The fraction of sp³-hybridized carbons (Fsp3) is 0.800. The first kappa shape index (κ1) is 20.1. The molecule has 6 nitrogen and oxygen atoms in total. The molecular formula is C15H25ClN4O2S. The van der Waals surface area contributed by atoms with Crippen LogP contribution in [0.3, 0.4) is 0 Å². The van der Waals surface area contributed by atoms with Gasteiger partial charge in [-0.3, -0.25) is 9.59 Å². The highest BCUT2D eigenvalue weighted by Gasteiger charge is 2.30. The number of nitrogens with zero attached hydrogens (tertiary/aromatic N) is 3. The number of amides is 2. The number of halogens is 1. The number of carbonyl (C=O) groups is 2. The first-order valence-electron chi connectivity index (χ1n) is 7.74. The highest BCUT2D eigenvalue weighted by Crippen LogP contribution is 2.25. The molecule has 2 rings (SSSR count). The number of thioether (sulfide) groups is 1. The van der Waals surface area contributed by atoms with Crippen molar-refractivity contribution in [3.63, 3.8) is 0 Å². The maximum atomic E-state index is 12.2. The minimum absolute atomic E-state index is 0. The Morgan fingerprint density at radius 1 is 1.30 bits per heavy atom. The number of hydrogen-bond donors (Lipinski definition) is 1. The van der Waals surface area contributed by atoms with Crippen molar-refractivity contribution in [2.45, 2.75) is 37.8 Å². The molecular weight excluding hydrogens is 336 g/mol. The van der Waals surface area contributed by atoms with Crippen molar-refractivity contribution in [2.24, 2.45) is 5.92 Å². The summed E-state index contributed by atoms with van der Waals surface area (Å²) in [6.07, 6.45) is 3.61. The summed E-state index contributed by atoms with van der Waals surface area (Å²) in [5.74, 6) is 1.66. The monoisotopic (exact) mass is 360 g/mol. The summed E-state index contributed by atoms with van der Waals surface area (Å²) in [5.41, 5.74) is 0. The van der Waals surface area contributed by atoms with Gasteiger partial charge in [-0.2, -0.15) is 5.26 Å². The molecule has 0 aromatic rings. The van der Waals surface area contributed by atoms with Gasteiger partial charge in [0.25, 0.3) is 0 Å². The minimum atomic E-state index is -0.284. The SMILES string of the molecule is CN(C)C(=O)[C@H]1CC[C@H](NCC(=O)N2CSC[C@H]2C#N)CC1.Cl. The molecule has 0 aromatic heterocycles. The lowest BCUT2D eigenvalue weighted by Crippen LogP contribution is -2.45. The molecule has 0 aromatic carbocycles. The summed E-state index contributed by atoms with van der Waals surface area (Å²) in [6.45, 7) is 0.287. The van der Waals surface area contributed by atoms with Crippen LogP contribution < -0.4 is 5.32 Å². The summed E-state index contributed by atoms with van der Waals surface area (Å²) in [5, 5.41) is 12.3. The molecule has 1 saturated heterocycles. The van der Waals surface area contributed by atoms with Crippen molar-refractivity contribution < 1.29 is 9.59 Å². The molecule has 1 atom stereocenters. The molecule has 1 N–H and O–H groups in total. The Labute approximate surface area is 148 Å².